The van der Waals surface area contributed by atoms with Crippen LogP contribution in [0.15, 0.2) is 42.5 Å². The number of nitrogens with zero attached hydrogens (tertiary/aromatic N) is 3. The van der Waals surface area contributed by atoms with E-state index >= 15 is 0 Å². The molecule has 238 valence electrons. The minimum atomic E-state index is -0.455. The predicted molar refractivity (Wildman–Crippen MR) is 172 cm³/mol. The van der Waals surface area contributed by atoms with E-state index in [1.165, 1.54) is 43.2 Å². The Labute approximate surface area is 265 Å². The highest BCUT2D eigenvalue weighted by atomic mass is 19.1. The summed E-state index contributed by atoms with van der Waals surface area (Å²) in [6.45, 7) is 11.2. The highest BCUT2D eigenvalue weighted by molar-refractivity contribution is 6.00. The molecule has 3 heterocycles. The number of piperidine rings is 1. The maximum absolute atomic E-state index is 13.7. The molecule has 0 bridgehead atoms. The smallest absolute Gasteiger partial charge is 0.339 e. The fourth-order valence-electron chi connectivity index (χ4n) is 6.86. The number of aromatic nitrogens is 1. The van der Waals surface area contributed by atoms with Crippen LogP contribution in [0.2, 0.25) is 0 Å². The van der Waals surface area contributed by atoms with E-state index in [-0.39, 0.29) is 29.8 Å². The molecule has 6 rings (SSSR count). The lowest BCUT2D eigenvalue weighted by Crippen LogP contribution is -2.50. The number of hydrogen-bond donors (Lipinski definition) is 0. The van der Waals surface area contributed by atoms with Crippen LogP contribution in [0.1, 0.15) is 108 Å². The highest BCUT2D eigenvalue weighted by Gasteiger charge is 2.35. The van der Waals surface area contributed by atoms with Gasteiger partial charge in [-0.2, -0.15) is 0 Å². The van der Waals surface area contributed by atoms with Gasteiger partial charge >= 0.3 is 5.97 Å². The van der Waals surface area contributed by atoms with E-state index in [2.05, 4.69) is 17.0 Å². The summed E-state index contributed by atoms with van der Waals surface area (Å²) in [5.41, 5.74) is 7.02. The van der Waals surface area contributed by atoms with Crippen LogP contribution in [0, 0.1) is 5.82 Å². The molecule has 0 radical (unpaired) electrons. The van der Waals surface area contributed by atoms with Gasteiger partial charge in [0.25, 0.3) is 5.91 Å². The normalized spacial score (nSPS) is 17.6. The molecule has 0 N–H and O–H groups in total. The van der Waals surface area contributed by atoms with E-state index in [0.717, 1.165) is 55.0 Å². The molecule has 0 atom stereocenters. The van der Waals surface area contributed by atoms with Crippen molar-refractivity contribution in [2.75, 3.05) is 26.7 Å². The van der Waals surface area contributed by atoms with Gasteiger partial charge in [0.1, 0.15) is 11.6 Å². The summed E-state index contributed by atoms with van der Waals surface area (Å²) in [4.78, 5) is 35.5. The summed E-state index contributed by atoms with van der Waals surface area (Å²) in [6, 6.07) is 13.1. The van der Waals surface area contributed by atoms with Crippen molar-refractivity contribution >= 4 is 11.9 Å². The number of methoxy groups -OCH3 is 1. The second-order valence-corrected chi connectivity index (χ2v) is 13.3. The van der Waals surface area contributed by atoms with E-state index in [0.29, 0.717) is 35.7 Å². The Kier molecular flexibility index (Phi) is 8.96. The van der Waals surface area contributed by atoms with Crippen molar-refractivity contribution in [3.63, 3.8) is 0 Å². The third kappa shape index (κ3) is 6.62. The number of esters is 1. The van der Waals surface area contributed by atoms with E-state index in [1.54, 1.807) is 6.07 Å². The molecule has 1 aromatic heterocycles. The number of likely N-dealkylation sites (tertiary alicyclic amines) is 1. The van der Waals surface area contributed by atoms with Crippen LogP contribution >= 0.6 is 0 Å². The van der Waals surface area contributed by atoms with Crippen molar-refractivity contribution in [2.45, 2.75) is 90.3 Å². The van der Waals surface area contributed by atoms with Crippen molar-refractivity contribution in [2.24, 2.45) is 0 Å². The zero-order valence-corrected chi connectivity index (χ0v) is 27.1. The van der Waals surface area contributed by atoms with Crippen molar-refractivity contribution in [3.05, 3.63) is 81.9 Å². The first kappa shape index (κ1) is 31.2. The fourth-order valence-corrected chi connectivity index (χ4v) is 6.86. The van der Waals surface area contributed by atoms with E-state index < -0.39 is 5.97 Å². The van der Waals surface area contributed by atoms with Crippen LogP contribution in [0.4, 0.5) is 4.39 Å². The van der Waals surface area contributed by atoms with Gasteiger partial charge in [0.05, 0.1) is 35.7 Å². The maximum Gasteiger partial charge on any atom is 0.339 e. The van der Waals surface area contributed by atoms with E-state index in [4.69, 9.17) is 14.5 Å². The number of ether oxygens (including phenoxy) is 2. The average molecular weight is 614 g/mol. The molecule has 1 saturated carbocycles. The molecule has 7 nitrogen and oxygen atoms in total. The van der Waals surface area contributed by atoms with Crippen LogP contribution in [-0.2, 0) is 17.7 Å². The molecule has 1 saturated heterocycles. The second-order valence-electron chi connectivity index (χ2n) is 13.3. The van der Waals surface area contributed by atoms with Gasteiger partial charge in [-0.15, -0.1) is 0 Å². The van der Waals surface area contributed by atoms with Gasteiger partial charge < -0.3 is 14.4 Å². The third-order valence-electron chi connectivity index (χ3n) is 9.32. The van der Waals surface area contributed by atoms with Crippen molar-refractivity contribution < 1.29 is 23.5 Å². The molecule has 0 unspecified atom stereocenters. The summed E-state index contributed by atoms with van der Waals surface area (Å²) in [7, 11) is 1.36. The number of benzene rings is 2. The topological polar surface area (TPSA) is 72.0 Å². The van der Waals surface area contributed by atoms with Gasteiger partial charge in [-0.1, -0.05) is 26.0 Å². The molecule has 45 heavy (non-hydrogen) atoms. The molecule has 1 aliphatic carbocycles. The molecule has 2 fully saturated rings. The molecule has 3 aliphatic rings. The minimum Gasteiger partial charge on any atom is -0.491 e. The van der Waals surface area contributed by atoms with E-state index in [1.807, 2.05) is 44.7 Å². The number of carbonyl (C=O) groups is 2. The first-order valence-electron chi connectivity index (χ1n) is 16.4. The Bertz CT molecular complexity index is 1570. The van der Waals surface area contributed by atoms with Gasteiger partial charge in [-0.05, 0) is 98.4 Å². The highest BCUT2D eigenvalue weighted by Crippen LogP contribution is 2.47. The number of carbonyl (C=O) groups excluding carboxylic acids is 2. The zero-order chi connectivity index (χ0) is 31.8. The molecule has 2 aromatic carbocycles. The summed E-state index contributed by atoms with van der Waals surface area (Å²) in [5, 5.41) is 0. The molecule has 1 amide bonds. The van der Waals surface area contributed by atoms with Gasteiger partial charge in [-0.25, -0.2) is 9.18 Å². The van der Waals surface area contributed by atoms with Crippen LogP contribution in [0.3, 0.4) is 0 Å². The summed E-state index contributed by atoms with van der Waals surface area (Å²) in [6.07, 6.45) is 4.82. The predicted octanol–water partition coefficient (Wildman–Crippen LogP) is 7.13. The Morgan fingerprint density at radius 2 is 1.69 bits per heavy atom. The standard InChI is InChI=1S/C37H44FN3O4/c1-22(2)35-32(37(43)44-5)19-31-33(39-35)14-17-41(36(31)42)28-12-15-40(16-13-28)21-26-18-29(24-6-7-24)30(20-34(26)45-23(3)4)25-8-10-27(38)11-9-25/h8-11,18-20,22-24,28H,6-7,12-17,21H2,1-5H3. The van der Waals surface area contributed by atoms with Crippen LogP contribution in [0.5, 0.6) is 5.75 Å². The number of fused-ring (bicyclic) bond motifs is 1. The number of pyridine rings is 1. The fraction of sp³-hybridized carbons (Fsp3) is 0.486. The first-order chi connectivity index (χ1) is 21.6. The Hall–Kier alpha value is -3.78. The molecule has 0 spiro atoms. The first-order valence-corrected chi connectivity index (χ1v) is 16.4. The van der Waals surface area contributed by atoms with Crippen LogP contribution in [-0.4, -0.2) is 65.6 Å². The van der Waals surface area contributed by atoms with Gasteiger partial charge in [-0.3, -0.25) is 14.7 Å². The Morgan fingerprint density at radius 1 is 0.978 bits per heavy atom. The maximum atomic E-state index is 13.7. The van der Waals surface area contributed by atoms with Crippen molar-refractivity contribution in [1.29, 1.82) is 0 Å². The van der Waals surface area contributed by atoms with E-state index in [9.17, 15) is 14.0 Å². The number of halogens is 1. The largest absolute Gasteiger partial charge is 0.491 e. The number of rotatable bonds is 9. The van der Waals surface area contributed by atoms with Crippen LogP contribution in [0.25, 0.3) is 11.1 Å². The summed E-state index contributed by atoms with van der Waals surface area (Å²) in [5.74, 6) is 0.732. The molecule has 3 aromatic rings. The molecule has 2 aliphatic heterocycles. The summed E-state index contributed by atoms with van der Waals surface area (Å²) >= 11 is 0. The lowest BCUT2D eigenvalue weighted by molar-refractivity contribution is 0.0542. The average Bonchev–Trinajstić information content (AvgIpc) is 3.87. The minimum absolute atomic E-state index is 0.0288. The Morgan fingerprint density at radius 3 is 2.31 bits per heavy atom. The molecule has 8 heteroatoms. The van der Waals surface area contributed by atoms with Gasteiger partial charge in [0.15, 0.2) is 0 Å². The lowest BCUT2D eigenvalue weighted by Gasteiger charge is -2.40. The third-order valence-corrected chi connectivity index (χ3v) is 9.32. The number of amides is 1. The molecular weight excluding hydrogens is 569 g/mol. The van der Waals surface area contributed by atoms with Gasteiger partial charge in [0, 0.05) is 44.2 Å². The van der Waals surface area contributed by atoms with Crippen molar-refractivity contribution in [3.8, 4) is 16.9 Å². The van der Waals surface area contributed by atoms with Crippen molar-refractivity contribution in [1.82, 2.24) is 14.8 Å². The molecular formula is C37H44FN3O4. The zero-order valence-electron chi connectivity index (χ0n) is 27.1. The second kappa shape index (κ2) is 12.9. The SMILES string of the molecule is COC(=O)c1cc2c(nc1C(C)C)CCN(C1CCN(Cc3cc(C4CC4)c(-c4ccc(F)cc4)cc3OC(C)C)CC1)C2=O. The van der Waals surface area contributed by atoms with Crippen LogP contribution < -0.4 is 4.74 Å². The number of hydrogen-bond acceptors (Lipinski definition) is 6. The Balaban J connectivity index is 1.18. The lowest BCUT2D eigenvalue weighted by atomic mass is 9.92. The van der Waals surface area contributed by atoms with Gasteiger partial charge in [0.2, 0.25) is 0 Å². The monoisotopic (exact) mass is 613 g/mol. The summed E-state index contributed by atoms with van der Waals surface area (Å²) < 4.78 is 25.1. The quantitative estimate of drug-likeness (QED) is 0.239.